The lowest BCUT2D eigenvalue weighted by molar-refractivity contribution is 1.58. The molecule has 0 spiro atoms. The minimum atomic E-state index is 0.660. The summed E-state index contributed by atoms with van der Waals surface area (Å²) in [5, 5.41) is 0.660. The van der Waals surface area contributed by atoms with Crippen molar-refractivity contribution >= 4 is 23.0 Å². The molecule has 0 aliphatic heterocycles. The molecule has 3 aromatic carbocycles. The highest BCUT2D eigenvalue weighted by atomic mass is 35.5. The summed E-state index contributed by atoms with van der Waals surface area (Å²) in [6.07, 6.45) is 0. The molecular formula is C18H15ClN2. The van der Waals surface area contributed by atoms with E-state index in [0.29, 0.717) is 16.4 Å². The van der Waals surface area contributed by atoms with Crippen LogP contribution in [0.4, 0.5) is 11.4 Å². The standard InChI is InChI=1S/C18H15ClN2/c19-18-14(12-6-1-3-10-16(12)20)8-5-9-15(18)13-7-2-4-11-17(13)21/h1-11H,20-21H2. The van der Waals surface area contributed by atoms with Crippen LogP contribution < -0.4 is 11.5 Å². The summed E-state index contributed by atoms with van der Waals surface area (Å²) < 4.78 is 0. The van der Waals surface area contributed by atoms with E-state index in [4.69, 9.17) is 23.1 Å². The predicted octanol–water partition coefficient (Wildman–Crippen LogP) is 4.84. The van der Waals surface area contributed by atoms with E-state index in [1.54, 1.807) is 0 Å². The zero-order valence-corrected chi connectivity index (χ0v) is 12.1. The van der Waals surface area contributed by atoms with Crippen LogP contribution in [-0.4, -0.2) is 0 Å². The average Bonchev–Trinajstić information content (AvgIpc) is 2.49. The molecule has 3 aromatic rings. The maximum absolute atomic E-state index is 6.61. The summed E-state index contributed by atoms with van der Waals surface area (Å²) in [5.74, 6) is 0. The zero-order valence-electron chi connectivity index (χ0n) is 11.4. The smallest absolute Gasteiger partial charge is 0.0564 e. The number of halogens is 1. The SMILES string of the molecule is Nc1ccccc1-c1cccc(-c2ccccc2N)c1Cl. The topological polar surface area (TPSA) is 52.0 Å². The molecule has 0 fully saturated rings. The normalized spacial score (nSPS) is 10.5. The van der Waals surface area contributed by atoms with Gasteiger partial charge < -0.3 is 11.5 Å². The number of para-hydroxylation sites is 2. The first-order valence-electron chi connectivity index (χ1n) is 6.67. The molecule has 2 nitrogen and oxygen atoms in total. The summed E-state index contributed by atoms with van der Waals surface area (Å²) in [6.45, 7) is 0. The van der Waals surface area contributed by atoms with Crippen LogP contribution in [0, 0.1) is 0 Å². The highest BCUT2D eigenvalue weighted by Gasteiger charge is 2.12. The maximum Gasteiger partial charge on any atom is 0.0564 e. The first kappa shape index (κ1) is 13.5. The van der Waals surface area contributed by atoms with Gasteiger partial charge in [0.15, 0.2) is 0 Å². The minimum Gasteiger partial charge on any atom is -0.398 e. The second-order valence-corrected chi connectivity index (χ2v) is 5.22. The highest BCUT2D eigenvalue weighted by Crippen LogP contribution is 2.39. The van der Waals surface area contributed by atoms with E-state index in [-0.39, 0.29) is 0 Å². The Hall–Kier alpha value is -2.45. The number of anilines is 2. The van der Waals surface area contributed by atoms with Gasteiger partial charge in [-0.1, -0.05) is 66.2 Å². The molecule has 3 heteroatoms. The second kappa shape index (κ2) is 5.51. The van der Waals surface area contributed by atoms with E-state index in [1.807, 2.05) is 66.7 Å². The van der Waals surface area contributed by atoms with Crippen LogP contribution in [-0.2, 0) is 0 Å². The first-order chi connectivity index (χ1) is 10.2. The average molecular weight is 295 g/mol. The van der Waals surface area contributed by atoms with Gasteiger partial charge in [0.2, 0.25) is 0 Å². The summed E-state index contributed by atoms with van der Waals surface area (Å²) in [5.41, 5.74) is 17.2. The number of hydrogen-bond donors (Lipinski definition) is 2. The van der Waals surface area contributed by atoms with E-state index in [2.05, 4.69) is 0 Å². The molecular weight excluding hydrogens is 280 g/mol. The molecule has 0 saturated carbocycles. The molecule has 0 radical (unpaired) electrons. The summed E-state index contributed by atoms with van der Waals surface area (Å²) >= 11 is 6.61. The quantitative estimate of drug-likeness (QED) is 0.665. The van der Waals surface area contributed by atoms with Crippen LogP contribution in [0.2, 0.25) is 5.02 Å². The Morgan fingerprint density at radius 1 is 0.524 bits per heavy atom. The molecule has 104 valence electrons. The first-order valence-corrected chi connectivity index (χ1v) is 7.04. The van der Waals surface area contributed by atoms with Crippen LogP contribution >= 0.6 is 11.6 Å². The van der Waals surface area contributed by atoms with Crippen molar-refractivity contribution < 1.29 is 0 Å². The van der Waals surface area contributed by atoms with Crippen molar-refractivity contribution in [3.8, 4) is 22.3 Å². The molecule has 0 bridgehead atoms. The van der Waals surface area contributed by atoms with Crippen molar-refractivity contribution in [2.24, 2.45) is 0 Å². The van der Waals surface area contributed by atoms with Gasteiger partial charge in [-0.3, -0.25) is 0 Å². The van der Waals surface area contributed by atoms with Gasteiger partial charge in [-0.25, -0.2) is 0 Å². The van der Waals surface area contributed by atoms with Gasteiger partial charge in [0.05, 0.1) is 5.02 Å². The van der Waals surface area contributed by atoms with E-state index in [1.165, 1.54) is 0 Å². The Morgan fingerprint density at radius 3 is 1.33 bits per heavy atom. The lowest BCUT2D eigenvalue weighted by Gasteiger charge is -2.13. The van der Waals surface area contributed by atoms with Crippen molar-refractivity contribution in [2.75, 3.05) is 11.5 Å². The molecule has 0 heterocycles. The third-order valence-electron chi connectivity index (χ3n) is 3.50. The van der Waals surface area contributed by atoms with Gasteiger partial charge in [-0.05, 0) is 12.1 Å². The lowest BCUT2D eigenvalue weighted by Crippen LogP contribution is -1.93. The van der Waals surface area contributed by atoms with E-state index in [9.17, 15) is 0 Å². The number of nitrogen functional groups attached to an aromatic ring is 2. The van der Waals surface area contributed by atoms with Crippen LogP contribution in [0.3, 0.4) is 0 Å². The largest absolute Gasteiger partial charge is 0.398 e. The van der Waals surface area contributed by atoms with Gasteiger partial charge in [-0.15, -0.1) is 0 Å². The number of hydrogen-bond acceptors (Lipinski definition) is 2. The number of benzene rings is 3. The van der Waals surface area contributed by atoms with Gasteiger partial charge >= 0.3 is 0 Å². The molecule has 0 aliphatic carbocycles. The summed E-state index contributed by atoms with van der Waals surface area (Å²) in [7, 11) is 0. The number of rotatable bonds is 2. The van der Waals surface area contributed by atoms with E-state index >= 15 is 0 Å². The van der Waals surface area contributed by atoms with E-state index in [0.717, 1.165) is 22.3 Å². The fourth-order valence-electron chi connectivity index (χ4n) is 2.43. The number of nitrogens with two attached hydrogens (primary N) is 2. The molecule has 4 N–H and O–H groups in total. The van der Waals surface area contributed by atoms with Crippen LogP contribution in [0.1, 0.15) is 0 Å². The molecule has 0 amide bonds. The fraction of sp³-hybridized carbons (Fsp3) is 0. The predicted molar refractivity (Wildman–Crippen MR) is 91.1 cm³/mol. The Balaban J connectivity index is 2.21. The summed E-state index contributed by atoms with van der Waals surface area (Å²) in [6, 6.07) is 21.3. The second-order valence-electron chi connectivity index (χ2n) is 4.84. The van der Waals surface area contributed by atoms with Gasteiger partial charge in [0, 0.05) is 33.6 Å². The lowest BCUT2D eigenvalue weighted by atomic mass is 9.97. The van der Waals surface area contributed by atoms with Crippen LogP contribution in [0.25, 0.3) is 22.3 Å². The van der Waals surface area contributed by atoms with Crippen LogP contribution in [0.15, 0.2) is 66.7 Å². The zero-order chi connectivity index (χ0) is 14.8. The molecule has 0 saturated heterocycles. The van der Waals surface area contributed by atoms with Crippen molar-refractivity contribution in [1.82, 2.24) is 0 Å². The molecule has 0 atom stereocenters. The van der Waals surface area contributed by atoms with Crippen LogP contribution in [0.5, 0.6) is 0 Å². The molecule has 3 rings (SSSR count). The Kier molecular flexibility index (Phi) is 3.55. The van der Waals surface area contributed by atoms with E-state index < -0.39 is 0 Å². The van der Waals surface area contributed by atoms with Gasteiger partial charge in [-0.2, -0.15) is 0 Å². The highest BCUT2D eigenvalue weighted by molar-refractivity contribution is 6.36. The minimum absolute atomic E-state index is 0.660. The third-order valence-corrected chi connectivity index (χ3v) is 3.91. The maximum atomic E-state index is 6.61. The van der Waals surface area contributed by atoms with Gasteiger partial charge in [0.25, 0.3) is 0 Å². The molecule has 21 heavy (non-hydrogen) atoms. The van der Waals surface area contributed by atoms with Crippen molar-refractivity contribution in [3.63, 3.8) is 0 Å². The van der Waals surface area contributed by atoms with Crippen molar-refractivity contribution in [2.45, 2.75) is 0 Å². The van der Waals surface area contributed by atoms with Crippen molar-refractivity contribution in [3.05, 3.63) is 71.8 Å². The monoisotopic (exact) mass is 294 g/mol. The fourth-order valence-corrected chi connectivity index (χ4v) is 2.76. The van der Waals surface area contributed by atoms with Crippen molar-refractivity contribution in [1.29, 1.82) is 0 Å². The molecule has 0 aliphatic rings. The third kappa shape index (κ3) is 2.46. The molecule has 0 aromatic heterocycles. The Morgan fingerprint density at radius 2 is 0.905 bits per heavy atom. The van der Waals surface area contributed by atoms with Gasteiger partial charge in [0.1, 0.15) is 0 Å². The summed E-state index contributed by atoms with van der Waals surface area (Å²) in [4.78, 5) is 0. The molecule has 0 unspecified atom stereocenters. The Bertz CT molecular complexity index is 733. The Labute approximate surface area is 129 Å².